The summed E-state index contributed by atoms with van der Waals surface area (Å²) in [5.74, 6) is -2.73. The van der Waals surface area contributed by atoms with Crippen LogP contribution in [0.3, 0.4) is 0 Å². The summed E-state index contributed by atoms with van der Waals surface area (Å²) in [6, 6.07) is 10.1. The zero-order chi connectivity index (χ0) is 40.1. The highest BCUT2D eigenvalue weighted by molar-refractivity contribution is 6.33. The molecular weight excluding hydrogens is 772 g/mol. The molecule has 3 aromatic heterocycles. The Balaban J connectivity index is 0.802. The smallest absolute Gasteiger partial charge is 0.301 e. The number of piperidine rings is 1. The van der Waals surface area contributed by atoms with E-state index in [0.717, 1.165) is 55.4 Å². The Morgan fingerprint density at radius 2 is 1.78 bits per heavy atom. The van der Waals surface area contributed by atoms with Crippen molar-refractivity contribution in [3.63, 3.8) is 0 Å². The number of aromatic nitrogens is 5. The van der Waals surface area contributed by atoms with Crippen molar-refractivity contribution in [2.75, 3.05) is 35.2 Å². The van der Waals surface area contributed by atoms with E-state index in [9.17, 15) is 14.4 Å². The van der Waals surface area contributed by atoms with Gasteiger partial charge in [0.1, 0.15) is 10.8 Å². The van der Waals surface area contributed by atoms with Crippen molar-refractivity contribution in [3.05, 3.63) is 63.7 Å². The Hall–Kier alpha value is -5.51. The van der Waals surface area contributed by atoms with Gasteiger partial charge in [-0.05, 0) is 81.2 Å². The summed E-state index contributed by atoms with van der Waals surface area (Å²) >= 11 is 6.61. The summed E-state index contributed by atoms with van der Waals surface area (Å²) in [5, 5.41) is 15.2. The van der Waals surface area contributed by atoms with E-state index in [2.05, 4.69) is 30.9 Å². The van der Waals surface area contributed by atoms with Crippen molar-refractivity contribution in [3.8, 4) is 11.5 Å². The van der Waals surface area contributed by atoms with Gasteiger partial charge in [-0.25, -0.2) is 13.8 Å². The third kappa shape index (κ3) is 6.36. The van der Waals surface area contributed by atoms with Gasteiger partial charge in [-0.15, -0.1) is 0 Å². The summed E-state index contributed by atoms with van der Waals surface area (Å²) in [6.45, 7) is 0.748. The highest BCUT2D eigenvalue weighted by Gasteiger charge is 2.51. The van der Waals surface area contributed by atoms with Crippen molar-refractivity contribution in [1.29, 1.82) is 0 Å². The zero-order valence-corrected chi connectivity index (χ0v) is 32.7. The molecule has 2 saturated carbocycles. The molecule has 0 bridgehead atoms. The maximum absolute atomic E-state index is 15.1. The first-order valence-corrected chi connectivity index (χ1v) is 20.2. The fourth-order valence-electron chi connectivity index (χ4n) is 9.31. The predicted molar refractivity (Wildman–Crippen MR) is 213 cm³/mol. The molecule has 2 amide bonds. The molecule has 58 heavy (non-hydrogen) atoms. The van der Waals surface area contributed by atoms with Gasteiger partial charge in [0.15, 0.2) is 12.4 Å². The third-order valence-electron chi connectivity index (χ3n) is 12.7. The standard InChI is InChI=1S/C41H42ClF2N9O5/c1-51-29-9-5-22(15-27(29)33-34(38(51)56)57-20-41(43,44)35(48-33)21-3-4-21)46-36-28(42)17-45-39(49-36)53-18-40(19-53)13-11-23(12-14-40)58-24-6-7-25-30(16-24)52(2)50-32(25)26-8-10-31(54)47-37(26)55/h5-7,9,15-17,21,23,26,35,48H,3-4,8,10-14,18-20H2,1-2H3,(H,45,46,49)(H,47,54,55)/t26?,35-/m0/s1. The van der Waals surface area contributed by atoms with Crippen molar-refractivity contribution in [1.82, 2.24) is 29.6 Å². The molecule has 17 heteroatoms. The minimum Gasteiger partial charge on any atom is -0.490 e. The summed E-state index contributed by atoms with van der Waals surface area (Å²) in [4.78, 5) is 48.9. The number of rotatable bonds is 7. The SMILES string of the molecule is Cn1nc(C2CCC(=O)NC2=O)c2ccc(OC3CCC4(CC3)CN(c3ncc(Cl)c(Nc5ccc6c(c5)c5c(c(=O)n6C)OCC(F)(F)[C@H](C6CC6)N5)n3)C4)cc21. The Labute approximate surface area is 336 Å². The van der Waals surface area contributed by atoms with Gasteiger partial charge in [-0.1, -0.05) is 11.6 Å². The van der Waals surface area contributed by atoms with Gasteiger partial charge in [0, 0.05) is 61.5 Å². The number of pyridine rings is 1. The van der Waals surface area contributed by atoms with Crippen LogP contribution < -0.4 is 35.9 Å². The number of hydrogen-bond acceptors (Lipinski definition) is 11. The number of benzene rings is 2. The number of carbonyl (C=O) groups excluding carboxylic acids is 2. The molecule has 3 N–H and O–H groups in total. The summed E-state index contributed by atoms with van der Waals surface area (Å²) in [5.41, 5.74) is 2.65. The number of nitrogens with zero attached hydrogens (tertiary/aromatic N) is 6. The van der Waals surface area contributed by atoms with Crippen molar-refractivity contribution < 1.29 is 27.8 Å². The van der Waals surface area contributed by atoms with E-state index in [4.69, 9.17) is 26.1 Å². The Kier molecular flexibility index (Phi) is 8.59. The first kappa shape index (κ1) is 36.8. The van der Waals surface area contributed by atoms with E-state index < -0.39 is 30.0 Å². The summed E-state index contributed by atoms with van der Waals surface area (Å²) in [6.07, 6.45) is 7.58. The van der Waals surface area contributed by atoms with Crippen LogP contribution in [0, 0.1) is 11.3 Å². The molecular formula is C41H42ClF2N9O5. The molecule has 2 aliphatic carbocycles. The zero-order valence-electron chi connectivity index (χ0n) is 32.0. The lowest BCUT2D eigenvalue weighted by atomic mass is 9.68. The molecule has 5 aromatic rings. The average molecular weight is 814 g/mol. The Bertz CT molecular complexity index is 2580. The number of aryl methyl sites for hydroxylation is 2. The lowest BCUT2D eigenvalue weighted by Gasteiger charge is -2.53. The largest absolute Gasteiger partial charge is 0.490 e. The molecule has 5 aliphatic rings. The fourth-order valence-corrected chi connectivity index (χ4v) is 9.44. The number of alkyl halides is 2. The number of carbonyl (C=O) groups is 2. The van der Waals surface area contributed by atoms with E-state index in [1.165, 1.54) is 4.57 Å². The van der Waals surface area contributed by atoms with E-state index in [1.54, 1.807) is 36.1 Å². The average Bonchev–Trinajstić information content (AvgIpc) is 3.99. The lowest BCUT2D eigenvalue weighted by molar-refractivity contribution is -0.134. The van der Waals surface area contributed by atoms with Crippen LogP contribution in [-0.2, 0) is 23.7 Å². The lowest BCUT2D eigenvalue weighted by Crippen LogP contribution is -2.58. The molecule has 2 aromatic carbocycles. The fraction of sp³-hybridized carbons (Fsp3) is 0.463. The number of ether oxygens (including phenoxy) is 2. The van der Waals surface area contributed by atoms with E-state index in [1.807, 2.05) is 25.2 Å². The van der Waals surface area contributed by atoms with Gasteiger partial charge >= 0.3 is 5.92 Å². The maximum Gasteiger partial charge on any atom is 0.301 e. The van der Waals surface area contributed by atoms with Crippen LogP contribution in [0.5, 0.6) is 11.5 Å². The molecule has 2 saturated heterocycles. The molecule has 1 unspecified atom stereocenters. The maximum atomic E-state index is 15.1. The second kappa shape index (κ2) is 13.5. The topological polar surface area (TPSA) is 158 Å². The molecule has 3 aliphatic heterocycles. The molecule has 4 fully saturated rings. The number of hydrogen-bond donors (Lipinski definition) is 3. The normalized spacial score (nSPS) is 22.8. The number of nitrogens with one attached hydrogen (secondary N) is 3. The molecule has 6 heterocycles. The summed E-state index contributed by atoms with van der Waals surface area (Å²) < 4.78 is 45.4. The minimum atomic E-state index is -3.13. The highest BCUT2D eigenvalue weighted by atomic mass is 35.5. The van der Waals surface area contributed by atoms with Gasteiger partial charge in [0.2, 0.25) is 23.5 Å². The van der Waals surface area contributed by atoms with Gasteiger partial charge in [-0.3, -0.25) is 24.4 Å². The predicted octanol–water partition coefficient (Wildman–Crippen LogP) is 6.18. The molecule has 10 rings (SSSR count). The number of amides is 2. The third-order valence-corrected chi connectivity index (χ3v) is 12.9. The van der Waals surface area contributed by atoms with Gasteiger partial charge in [0.25, 0.3) is 5.56 Å². The Morgan fingerprint density at radius 1 is 0.983 bits per heavy atom. The van der Waals surface area contributed by atoms with Gasteiger partial charge < -0.3 is 29.6 Å². The monoisotopic (exact) mass is 813 g/mol. The van der Waals surface area contributed by atoms with Crippen LogP contribution in [0.25, 0.3) is 21.8 Å². The molecule has 0 radical (unpaired) electrons. The van der Waals surface area contributed by atoms with Crippen LogP contribution in [0.1, 0.15) is 63.0 Å². The van der Waals surface area contributed by atoms with Crippen LogP contribution in [0.2, 0.25) is 5.02 Å². The highest BCUT2D eigenvalue weighted by Crippen LogP contribution is 2.48. The number of halogens is 3. The van der Waals surface area contributed by atoms with Crippen LogP contribution in [-0.4, -0.2) is 73.9 Å². The Morgan fingerprint density at radius 3 is 2.53 bits per heavy atom. The van der Waals surface area contributed by atoms with Crippen molar-refractivity contribution >= 4 is 68.4 Å². The molecule has 302 valence electrons. The van der Waals surface area contributed by atoms with Gasteiger partial charge in [-0.2, -0.15) is 10.1 Å². The molecule has 14 nitrogen and oxygen atoms in total. The first-order valence-electron chi connectivity index (χ1n) is 19.8. The van der Waals surface area contributed by atoms with Crippen LogP contribution in [0.4, 0.5) is 31.9 Å². The van der Waals surface area contributed by atoms with E-state index in [0.29, 0.717) is 64.8 Å². The minimum absolute atomic E-state index is 0.0692. The molecule has 1 spiro atoms. The molecule has 2 atom stereocenters. The van der Waals surface area contributed by atoms with Crippen LogP contribution >= 0.6 is 11.6 Å². The number of fused-ring (bicyclic) bond motifs is 4. The second-order valence-electron chi connectivity index (χ2n) is 16.7. The van der Waals surface area contributed by atoms with E-state index >= 15 is 8.78 Å². The first-order chi connectivity index (χ1) is 27.8. The second-order valence-corrected chi connectivity index (χ2v) is 17.1. The van der Waals surface area contributed by atoms with Crippen molar-refractivity contribution in [2.24, 2.45) is 25.4 Å². The van der Waals surface area contributed by atoms with Crippen LogP contribution in [0.15, 0.2) is 47.4 Å². The summed E-state index contributed by atoms with van der Waals surface area (Å²) in [7, 11) is 3.45. The van der Waals surface area contributed by atoms with Crippen molar-refractivity contribution in [2.45, 2.75) is 75.4 Å². The van der Waals surface area contributed by atoms with Gasteiger partial charge in [0.05, 0.1) is 46.7 Å². The number of anilines is 4. The quantitative estimate of drug-likeness (QED) is 0.161. The van der Waals surface area contributed by atoms with E-state index in [-0.39, 0.29) is 40.7 Å². The number of imide groups is 1.